The van der Waals surface area contributed by atoms with Crippen molar-refractivity contribution in [1.29, 1.82) is 5.26 Å². The van der Waals surface area contributed by atoms with Crippen LogP contribution in [0.25, 0.3) is 16.9 Å². The van der Waals surface area contributed by atoms with Crippen molar-refractivity contribution in [3.63, 3.8) is 0 Å². The SMILES string of the molecule is COCC1CCCC1NC(=O)c1ccc(-n2[nH]cc(-c3ccc(C#N)cc3)c2=O)nc1. The first-order valence-corrected chi connectivity index (χ1v) is 10.2. The number of carbonyl (C=O) groups is 1. The number of hydrogen-bond donors (Lipinski definition) is 2. The predicted octanol–water partition coefficient (Wildman–Crippen LogP) is 2.64. The summed E-state index contributed by atoms with van der Waals surface area (Å²) in [7, 11) is 1.68. The molecule has 1 saturated carbocycles. The van der Waals surface area contributed by atoms with Gasteiger partial charge in [0.15, 0.2) is 5.82 Å². The minimum absolute atomic E-state index is 0.105. The van der Waals surface area contributed by atoms with E-state index in [0.717, 1.165) is 19.3 Å². The van der Waals surface area contributed by atoms with Gasteiger partial charge in [-0.05, 0) is 42.7 Å². The van der Waals surface area contributed by atoms with Crippen molar-refractivity contribution in [1.82, 2.24) is 20.1 Å². The first kappa shape index (κ1) is 20.6. The van der Waals surface area contributed by atoms with Crippen LogP contribution < -0.4 is 10.9 Å². The van der Waals surface area contributed by atoms with Crippen LogP contribution in [0.2, 0.25) is 0 Å². The number of H-pyrrole nitrogens is 1. The number of benzene rings is 1. The molecule has 158 valence electrons. The lowest BCUT2D eigenvalue weighted by Gasteiger charge is -2.20. The van der Waals surface area contributed by atoms with Gasteiger partial charge in [-0.2, -0.15) is 5.26 Å². The summed E-state index contributed by atoms with van der Waals surface area (Å²) in [5.41, 5.74) is 1.89. The molecule has 0 saturated heterocycles. The Kier molecular flexibility index (Phi) is 5.96. The number of nitrogens with one attached hydrogen (secondary N) is 2. The molecule has 3 aromatic rings. The molecular weight excluding hydrogens is 394 g/mol. The molecule has 1 aromatic carbocycles. The third kappa shape index (κ3) is 4.27. The molecule has 8 nitrogen and oxygen atoms in total. The molecule has 1 aliphatic rings. The van der Waals surface area contributed by atoms with Gasteiger partial charge >= 0.3 is 0 Å². The quantitative estimate of drug-likeness (QED) is 0.640. The maximum absolute atomic E-state index is 12.8. The van der Waals surface area contributed by atoms with E-state index in [-0.39, 0.29) is 17.5 Å². The van der Waals surface area contributed by atoms with Crippen molar-refractivity contribution in [2.45, 2.75) is 25.3 Å². The topological polar surface area (TPSA) is 113 Å². The number of pyridine rings is 1. The predicted molar refractivity (Wildman–Crippen MR) is 115 cm³/mol. The highest BCUT2D eigenvalue weighted by Crippen LogP contribution is 2.26. The second kappa shape index (κ2) is 8.98. The third-order valence-electron chi connectivity index (χ3n) is 5.69. The van der Waals surface area contributed by atoms with Crippen LogP contribution in [0.1, 0.15) is 35.2 Å². The van der Waals surface area contributed by atoms with Crippen molar-refractivity contribution in [2.75, 3.05) is 13.7 Å². The molecule has 8 heteroatoms. The highest BCUT2D eigenvalue weighted by atomic mass is 16.5. The standard InChI is InChI=1S/C23H23N5O3/c1-31-14-18-3-2-4-20(18)27-22(29)17-9-10-21(25-12-17)28-23(30)19(13-26-28)16-7-5-15(11-24)6-8-16/h5-10,12-13,18,20,26H,2-4,14H2,1H3,(H,27,29). The summed E-state index contributed by atoms with van der Waals surface area (Å²) >= 11 is 0. The van der Waals surface area contributed by atoms with E-state index in [9.17, 15) is 9.59 Å². The molecule has 1 amide bonds. The summed E-state index contributed by atoms with van der Waals surface area (Å²) in [4.78, 5) is 29.7. The number of rotatable bonds is 6. The lowest BCUT2D eigenvalue weighted by molar-refractivity contribution is 0.0898. The fourth-order valence-electron chi connectivity index (χ4n) is 4.02. The van der Waals surface area contributed by atoms with Crippen molar-refractivity contribution in [3.8, 4) is 23.0 Å². The first-order valence-electron chi connectivity index (χ1n) is 10.2. The van der Waals surface area contributed by atoms with Crippen molar-refractivity contribution in [3.05, 3.63) is 70.3 Å². The zero-order valence-electron chi connectivity index (χ0n) is 17.2. The van der Waals surface area contributed by atoms with Crippen LogP contribution in [0.15, 0.2) is 53.6 Å². The Morgan fingerprint density at radius 2 is 2.10 bits per heavy atom. The number of nitrogens with zero attached hydrogens (tertiary/aromatic N) is 3. The highest BCUT2D eigenvalue weighted by Gasteiger charge is 2.28. The molecule has 2 heterocycles. The summed E-state index contributed by atoms with van der Waals surface area (Å²) in [5, 5.41) is 14.9. The Hall–Kier alpha value is -3.70. The Balaban J connectivity index is 1.49. The van der Waals surface area contributed by atoms with Crippen LogP contribution in [-0.2, 0) is 4.74 Å². The lowest BCUT2D eigenvalue weighted by Crippen LogP contribution is -2.38. The van der Waals surface area contributed by atoms with Crippen molar-refractivity contribution in [2.24, 2.45) is 5.92 Å². The third-order valence-corrected chi connectivity index (χ3v) is 5.69. The van der Waals surface area contributed by atoms with E-state index in [0.29, 0.717) is 40.6 Å². The second-order valence-corrected chi connectivity index (χ2v) is 7.65. The van der Waals surface area contributed by atoms with Crippen LogP contribution in [0, 0.1) is 17.2 Å². The summed E-state index contributed by atoms with van der Waals surface area (Å²) in [5.74, 6) is 0.544. The molecule has 0 spiro atoms. The number of carbonyl (C=O) groups excluding carboxylic acids is 1. The van der Waals surface area contributed by atoms with Crippen LogP contribution in [0.3, 0.4) is 0 Å². The second-order valence-electron chi connectivity index (χ2n) is 7.65. The summed E-state index contributed by atoms with van der Waals surface area (Å²) in [6.45, 7) is 0.638. The fraction of sp³-hybridized carbons (Fsp3) is 0.304. The van der Waals surface area contributed by atoms with Crippen molar-refractivity contribution >= 4 is 5.91 Å². The Morgan fingerprint density at radius 3 is 2.77 bits per heavy atom. The van der Waals surface area contributed by atoms with E-state index in [1.54, 1.807) is 49.7 Å². The Morgan fingerprint density at radius 1 is 1.29 bits per heavy atom. The van der Waals surface area contributed by atoms with Crippen LogP contribution in [0.5, 0.6) is 0 Å². The number of nitriles is 1. The number of aromatic amines is 1. The Labute approximate surface area is 179 Å². The van der Waals surface area contributed by atoms with E-state index in [2.05, 4.69) is 21.5 Å². The monoisotopic (exact) mass is 417 g/mol. The molecule has 31 heavy (non-hydrogen) atoms. The summed E-state index contributed by atoms with van der Waals surface area (Å²) < 4.78 is 6.57. The van der Waals surface area contributed by atoms with Gasteiger partial charge in [0.1, 0.15) is 0 Å². The smallest absolute Gasteiger partial charge is 0.280 e. The highest BCUT2D eigenvalue weighted by molar-refractivity contribution is 5.94. The molecule has 4 rings (SSSR count). The maximum atomic E-state index is 12.8. The van der Waals surface area contributed by atoms with E-state index >= 15 is 0 Å². The zero-order chi connectivity index (χ0) is 21.8. The van der Waals surface area contributed by atoms with Gasteiger partial charge in [0.05, 0.1) is 29.4 Å². The number of methoxy groups -OCH3 is 1. The molecule has 0 aliphatic heterocycles. The molecule has 2 aromatic heterocycles. The molecule has 0 bridgehead atoms. The molecule has 2 N–H and O–H groups in total. The van der Waals surface area contributed by atoms with Gasteiger partial charge in [-0.25, -0.2) is 9.67 Å². The summed E-state index contributed by atoms with van der Waals surface area (Å²) in [6.07, 6.45) is 6.14. The number of ether oxygens (including phenoxy) is 1. The van der Waals surface area contributed by atoms with Crippen LogP contribution in [-0.4, -0.2) is 40.4 Å². The van der Waals surface area contributed by atoms with Crippen LogP contribution >= 0.6 is 0 Å². The van der Waals surface area contributed by atoms with E-state index < -0.39 is 0 Å². The van der Waals surface area contributed by atoms with E-state index in [4.69, 9.17) is 10.00 Å². The van der Waals surface area contributed by atoms with Gasteiger partial charge in [-0.1, -0.05) is 18.6 Å². The number of amides is 1. The van der Waals surface area contributed by atoms with Crippen LogP contribution in [0.4, 0.5) is 0 Å². The van der Waals surface area contributed by atoms with Gasteiger partial charge in [0, 0.05) is 31.5 Å². The average Bonchev–Trinajstić information content (AvgIpc) is 3.40. The summed E-state index contributed by atoms with van der Waals surface area (Å²) in [6, 6.07) is 12.2. The molecule has 2 unspecified atom stereocenters. The maximum Gasteiger partial charge on any atom is 0.280 e. The normalized spacial score (nSPS) is 17.9. The molecule has 2 atom stereocenters. The molecular formula is C23H23N5O3. The fourth-order valence-corrected chi connectivity index (χ4v) is 4.02. The largest absolute Gasteiger partial charge is 0.384 e. The van der Waals surface area contributed by atoms with E-state index in [1.165, 1.54) is 10.9 Å². The lowest BCUT2D eigenvalue weighted by atomic mass is 10.0. The number of hydrogen-bond acceptors (Lipinski definition) is 5. The van der Waals surface area contributed by atoms with Crippen molar-refractivity contribution < 1.29 is 9.53 Å². The average molecular weight is 417 g/mol. The van der Waals surface area contributed by atoms with Gasteiger partial charge in [0.2, 0.25) is 0 Å². The first-order chi connectivity index (χ1) is 15.1. The molecule has 1 aliphatic carbocycles. The van der Waals surface area contributed by atoms with E-state index in [1.807, 2.05) is 0 Å². The molecule has 1 fully saturated rings. The number of aromatic nitrogens is 3. The minimum Gasteiger partial charge on any atom is -0.384 e. The minimum atomic E-state index is -0.261. The van der Waals surface area contributed by atoms with Gasteiger partial charge in [0.25, 0.3) is 11.5 Å². The Bertz CT molecular complexity index is 1160. The zero-order valence-corrected chi connectivity index (χ0v) is 17.2. The van der Waals surface area contributed by atoms with Gasteiger partial charge < -0.3 is 10.1 Å². The van der Waals surface area contributed by atoms with Gasteiger partial charge in [-0.15, -0.1) is 0 Å². The van der Waals surface area contributed by atoms with Gasteiger partial charge in [-0.3, -0.25) is 14.7 Å². The molecule has 0 radical (unpaired) electrons.